The second kappa shape index (κ2) is 1.75. The van der Waals surface area contributed by atoms with Gasteiger partial charge in [0.25, 0.3) is 0 Å². The Morgan fingerprint density at radius 2 is 2.71 bits per heavy atom. The van der Waals surface area contributed by atoms with E-state index in [1.807, 2.05) is 0 Å². The van der Waals surface area contributed by atoms with Crippen LogP contribution in [0.1, 0.15) is 5.56 Å². The fraction of sp³-hybridized carbons (Fsp3) is 0.250. The molecule has 0 saturated heterocycles. The summed E-state index contributed by atoms with van der Waals surface area (Å²) in [5.74, 6) is 0. The summed E-state index contributed by atoms with van der Waals surface area (Å²) in [5.41, 5.74) is 0.597. The van der Waals surface area contributed by atoms with Gasteiger partial charge in [-0.15, -0.1) is 0 Å². The van der Waals surface area contributed by atoms with E-state index in [0.717, 1.165) is 0 Å². The van der Waals surface area contributed by atoms with Crippen LogP contribution in [0, 0.1) is 0 Å². The molecule has 0 aliphatic heterocycles. The molecule has 0 spiro atoms. The third kappa shape index (κ3) is 0.778. The molecule has 1 rings (SSSR count). The fourth-order valence-corrected chi connectivity index (χ4v) is 0.298. The molecule has 1 aromatic heterocycles. The highest BCUT2D eigenvalue weighted by Gasteiger charge is 1.88. The normalized spacial score (nSPS) is 9.29. The predicted octanol–water partition coefficient (Wildman–Crippen LogP) is 0.605. The van der Waals surface area contributed by atoms with E-state index in [-0.39, 0.29) is 6.61 Å². The molecule has 1 heterocycles. The Morgan fingerprint density at radius 3 is 3.00 bits per heavy atom. The van der Waals surface area contributed by atoms with E-state index in [0.29, 0.717) is 5.56 Å². The standard InChI is InChI=1S/C4H4NO2/c6-2-4-1-5-7-3-4/h1,3H,2H2. The van der Waals surface area contributed by atoms with Gasteiger partial charge in [0, 0.05) is 5.56 Å². The number of hydrogen-bond acceptors (Lipinski definition) is 2. The summed E-state index contributed by atoms with van der Waals surface area (Å²) in [4.78, 5) is 0. The molecule has 0 N–H and O–H groups in total. The van der Waals surface area contributed by atoms with Crippen LogP contribution in [-0.4, -0.2) is 5.16 Å². The lowest BCUT2D eigenvalue weighted by molar-refractivity contribution is 0.177. The first-order chi connectivity index (χ1) is 3.43. The first-order valence-electron chi connectivity index (χ1n) is 1.90. The van der Waals surface area contributed by atoms with Gasteiger partial charge in [-0.2, -0.15) is 0 Å². The Morgan fingerprint density at radius 1 is 1.86 bits per heavy atom. The van der Waals surface area contributed by atoms with Gasteiger partial charge in [-0.1, -0.05) is 5.16 Å². The molecule has 0 bridgehead atoms. The molecule has 1 aromatic rings. The third-order valence-electron chi connectivity index (χ3n) is 0.650. The molecular weight excluding hydrogens is 94.0 g/mol. The fourth-order valence-electron chi connectivity index (χ4n) is 0.298. The Labute approximate surface area is 40.6 Å². The lowest BCUT2D eigenvalue weighted by atomic mass is 10.4. The summed E-state index contributed by atoms with van der Waals surface area (Å²) < 4.78 is 4.36. The van der Waals surface area contributed by atoms with Crippen LogP contribution in [-0.2, 0) is 11.7 Å². The molecule has 0 aliphatic rings. The summed E-state index contributed by atoms with van der Waals surface area (Å²) in [5, 5.41) is 13.2. The largest absolute Gasteiger partial charge is 0.364 e. The molecule has 0 amide bonds. The van der Waals surface area contributed by atoms with Crippen LogP contribution in [0.25, 0.3) is 0 Å². The van der Waals surface area contributed by atoms with Crippen molar-refractivity contribution < 1.29 is 9.63 Å². The van der Waals surface area contributed by atoms with E-state index in [2.05, 4.69) is 9.68 Å². The number of rotatable bonds is 1. The van der Waals surface area contributed by atoms with Crippen molar-refractivity contribution in [3.63, 3.8) is 0 Å². The summed E-state index contributed by atoms with van der Waals surface area (Å²) in [6.07, 6.45) is 2.75. The first-order valence-corrected chi connectivity index (χ1v) is 1.90. The second-order valence-corrected chi connectivity index (χ2v) is 1.18. The Hall–Kier alpha value is -0.830. The van der Waals surface area contributed by atoms with Crippen molar-refractivity contribution in [2.45, 2.75) is 6.61 Å². The van der Waals surface area contributed by atoms with Gasteiger partial charge in [0.2, 0.25) is 0 Å². The quantitative estimate of drug-likeness (QED) is 0.516. The van der Waals surface area contributed by atoms with Crippen molar-refractivity contribution in [2.24, 2.45) is 0 Å². The van der Waals surface area contributed by atoms with Crippen molar-refractivity contribution in [3.05, 3.63) is 18.0 Å². The van der Waals surface area contributed by atoms with Crippen LogP contribution in [0.2, 0.25) is 0 Å². The summed E-state index contributed by atoms with van der Waals surface area (Å²) in [6.45, 7) is -0.247. The highest BCUT2D eigenvalue weighted by Crippen LogP contribution is 1.93. The number of nitrogens with zero attached hydrogens (tertiary/aromatic N) is 1. The zero-order valence-electron chi connectivity index (χ0n) is 3.63. The van der Waals surface area contributed by atoms with Crippen LogP contribution in [0.3, 0.4) is 0 Å². The van der Waals surface area contributed by atoms with Gasteiger partial charge in [0.15, 0.2) is 0 Å². The van der Waals surface area contributed by atoms with E-state index in [1.54, 1.807) is 0 Å². The molecule has 7 heavy (non-hydrogen) atoms. The third-order valence-corrected chi connectivity index (χ3v) is 0.650. The Kier molecular flexibility index (Phi) is 1.08. The number of hydrogen-bond donors (Lipinski definition) is 0. The van der Waals surface area contributed by atoms with Gasteiger partial charge in [0.05, 0.1) is 6.20 Å². The maximum Gasteiger partial charge on any atom is 0.129 e. The molecule has 0 saturated carbocycles. The smallest absolute Gasteiger partial charge is 0.129 e. The van der Waals surface area contributed by atoms with Gasteiger partial charge in [-0.05, 0) is 0 Å². The van der Waals surface area contributed by atoms with Gasteiger partial charge >= 0.3 is 0 Å². The molecule has 0 aromatic carbocycles. The molecule has 0 atom stereocenters. The SMILES string of the molecule is [O]Cc1cnoc1. The van der Waals surface area contributed by atoms with Gasteiger partial charge in [-0.3, -0.25) is 0 Å². The molecule has 0 fully saturated rings. The summed E-state index contributed by atoms with van der Waals surface area (Å²) >= 11 is 0. The van der Waals surface area contributed by atoms with Crippen LogP contribution < -0.4 is 0 Å². The first kappa shape index (κ1) is 4.33. The Balaban J connectivity index is 2.76. The van der Waals surface area contributed by atoms with Crippen molar-refractivity contribution >= 4 is 0 Å². The average molecular weight is 98.1 g/mol. The molecule has 3 heteroatoms. The Bertz CT molecular complexity index is 124. The lowest BCUT2D eigenvalue weighted by Gasteiger charge is -1.71. The van der Waals surface area contributed by atoms with E-state index in [9.17, 15) is 5.11 Å². The zero-order chi connectivity index (χ0) is 5.11. The zero-order valence-corrected chi connectivity index (χ0v) is 3.63. The van der Waals surface area contributed by atoms with E-state index >= 15 is 0 Å². The molecule has 1 radical (unpaired) electrons. The predicted molar refractivity (Wildman–Crippen MR) is 20.9 cm³/mol. The second-order valence-electron chi connectivity index (χ2n) is 1.18. The van der Waals surface area contributed by atoms with Crippen LogP contribution >= 0.6 is 0 Å². The molecule has 37 valence electrons. The highest BCUT2D eigenvalue weighted by molar-refractivity contribution is 4.96. The highest BCUT2D eigenvalue weighted by atomic mass is 16.5. The van der Waals surface area contributed by atoms with Crippen LogP contribution in [0.15, 0.2) is 17.0 Å². The summed E-state index contributed by atoms with van der Waals surface area (Å²) in [7, 11) is 0. The minimum Gasteiger partial charge on any atom is -0.364 e. The minimum absolute atomic E-state index is 0.247. The minimum atomic E-state index is -0.247. The van der Waals surface area contributed by atoms with Crippen LogP contribution in [0.4, 0.5) is 0 Å². The average Bonchev–Trinajstić information content (AvgIpc) is 2.14. The molecule has 0 unspecified atom stereocenters. The van der Waals surface area contributed by atoms with Crippen molar-refractivity contribution in [1.82, 2.24) is 5.16 Å². The topological polar surface area (TPSA) is 45.9 Å². The monoisotopic (exact) mass is 98.0 g/mol. The lowest BCUT2D eigenvalue weighted by Crippen LogP contribution is -1.70. The molecular formula is C4H4NO2. The summed E-state index contributed by atoms with van der Waals surface area (Å²) in [6, 6.07) is 0. The van der Waals surface area contributed by atoms with Crippen LogP contribution in [0.5, 0.6) is 0 Å². The molecule has 0 aliphatic carbocycles. The van der Waals surface area contributed by atoms with E-state index < -0.39 is 0 Å². The van der Waals surface area contributed by atoms with Crippen molar-refractivity contribution in [3.8, 4) is 0 Å². The van der Waals surface area contributed by atoms with E-state index in [1.165, 1.54) is 12.5 Å². The van der Waals surface area contributed by atoms with E-state index in [4.69, 9.17) is 0 Å². The van der Waals surface area contributed by atoms with Crippen molar-refractivity contribution in [1.29, 1.82) is 0 Å². The maximum atomic E-state index is 9.89. The molecule has 3 nitrogen and oxygen atoms in total. The number of aromatic nitrogens is 1. The van der Waals surface area contributed by atoms with Gasteiger partial charge in [-0.25, -0.2) is 5.11 Å². The van der Waals surface area contributed by atoms with Crippen molar-refractivity contribution in [2.75, 3.05) is 0 Å². The van der Waals surface area contributed by atoms with Gasteiger partial charge in [0.1, 0.15) is 12.9 Å². The van der Waals surface area contributed by atoms with Gasteiger partial charge < -0.3 is 4.52 Å². The maximum absolute atomic E-state index is 9.89.